The molecule has 96 valence electrons. The smallest absolute Gasteiger partial charge is 0.121 e. The Morgan fingerprint density at radius 3 is 1.89 bits per heavy atom. The van der Waals surface area contributed by atoms with Crippen molar-refractivity contribution in [3.63, 3.8) is 0 Å². The van der Waals surface area contributed by atoms with E-state index < -0.39 is 0 Å². The maximum atomic E-state index is 8.95. The number of phenols is 1. The zero-order valence-electron chi connectivity index (χ0n) is 10.4. The Morgan fingerprint density at radius 2 is 1.44 bits per heavy atom. The molecule has 2 aromatic carbocycles. The van der Waals surface area contributed by atoms with Crippen molar-refractivity contribution in [2.24, 2.45) is 0 Å². The lowest BCUT2D eigenvalue weighted by molar-refractivity contribution is 0.275. The summed E-state index contributed by atoms with van der Waals surface area (Å²) in [5.74, 6) is 0.153. The van der Waals surface area contributed by atoms with Crippen molar-refractivity contribution in [2.75, 3.05) is 0 Å². The van der Waals surface area contributed by atoms with E-state index in [4.69, 9.17) is 15.3 Å². The van der Waals surface area contributed by atoms with Crippen molar-refractivity contribution < 1.29 is 15.3 Å². The summed E-state index contributed by atoms with van der Waals surface area (Å²) in [5, 5.41) is 26.1. The SMILES string of the molecule is Cc1ccc(CO)cc1.OCc1ccccc1O. The summed E-state index contributed by atoms with van der Waals surface area (Å²) in [6.45, 7) is 2.06. The number of aliphatic hydroxyl groups excluding tert-OH is 2. The zero-order valence-corrected chi connectivity index (χ0v) is 10.4. The Kier molecular flexibility index (Phi) is 5.91. The summed E-state index contributed by atoms with van der Waals surface area (Å²) >= 11 is 0. The molecule has 0 spiro atoms. The van der Waals surface area contributed by atoms with Crippen LogP contribution in [0.1, 0.15) is 16.7 Å². The lowest BCUT2D eigenvalue weighted by Gasteiger charge is -1.96. The van der Waals surface area contributed by atoms with Crippen molar-refractivity contribution in [1.29, 1.82) is 0 Å². The molecule has 3 N–H and O–H groups in total. The van der Waals surface area contributed by atoms with Crippen molar-refractivity contribution in [3.05, 3.63) is 65.2 Å². The standard InChI is InChI=1S/C8H10O.C7H8O2/c1-7-2-4-8(6-9)5-3-7;8-5-6-3-1-2-4-7(6)9/h2-5,9H,6H2,1H3;1-4,8-9H,5H2. The monoisotopic (exact) mass is 246 g/mol. The van der Waals surface area contributed by atoms with Gasteiger partial charge >= 0.3 is 0 Å². The molecule has 0 aliphatic heterocycles. The molecule has 0 saturated heterocycles. The number of aryl methyl sites for hydroxylation is 1. The third kappa shape index (κ3) is 4.57. The normalized spacial score (nSPS) is 9.50. The van der Waals surface area contributed by atoms with Crippen LogP contribution >= 0.6 is 0 Å². The van der Waals surface area contributed by atoms with E-state index in [0.29, 0.717) is 5.56 Å². The van der Waals surface area contributed by atoms with Gasteiger partial charge in [0.05, 0.1) is 13.2 Å². The van der Waals surface area contributed by atoms with E-state index in [-0.39, 0.29) is 19.0 Å². The van der Waals surface area contributed by atoms with Gasteiger partial charge in [-0.25, -0.2) is 0 Å². The van der Waals surface area contributed by atoms with Crippen LogP contribution in [0.5, 0.6) is 5.75 Å². The molecule has 0 aromatic heterocycles. The van der Waals surface area contributed by atoms with Gasteiger partial charge in [-0.1, -0.05) is 48.0 Å². The number of rotatable bonds is 2. The Bertz CT molecular complexity index is 463. The molecule has 0 saturated carbocycles. The van der Waals surface area contributed by atoms with Gasteiger partial charge in [0.25, 0.3) is 0 Å². The lowest BCUT2D eigenvalue weighted by atomic mass is 10.2. The minimum atomic E-state index is -0.104. The van der Waals surface area contributed by atoms with Crippen LogP contribution in [0.15, 0.2) is 48.5 Å². The largest absolute Gasteiger partial charge is 0.508 e. The summed E-state index contributed by atoms with van der Waals surface area (Å²) < 4.78 is 0. The highest BCUT2D eigenvalue weighted by atomic mass is 16.3. The van der Waals surface area contributed by atoms with Crippen molar-refractivity contribution >= 4 is 0 Å². The molecule has 0 atom stereocenters. The Hall–Kier alpha value is -1.84. The number of para-hydroxylation sites is 1. The first-order valence-corrected chi connectivity index (χ1v) is 5.71. The molecule has 0 fully saturated rings. The maximum Gasteiger partial charge on any atom is 0.121 e. The highest BCUT2D eigenvalue weighted by Gasteiger charge is 1.93. The molecule has 2 aromatic rings. The number of aliphatic hydroxyl groups is 2. The molecule has 2 rings (SSSR count). The Morgan fingerprint density at radius 1 is 0.833 bits per heavy atom. The first-order valence-electron chi connectivity index (χ1n) is 5.71. The van der Waals surface area contributed by atoms with Crippen LogP contribution in [0.3, 0.4) is 0 Å². The molecule has 0 aliphatic rings. The van der Waals surface area contributed by atoms with E-state index in [1.165, 1.54) is 5.56 Å². The average Bonchev–Trinajstić information content (AvgIpc) is 2.41. The molecule has 3 heteroatoms. The maximum absolute atomic E-state index is 8.95. The summed E-state index contributed by atoms with van der Waals surface area (Å²) in [7, 11) is 0. The third-order valence-corrected chi connectivity index (χ3v) is 2.47. The van der Waals surface area contributed by atoms with E-state index in [2.05, 4.69) is 0 Å². The van der Waals surface area contributed by atoms with Crippen LogP contribution in [0.2, 0.25) is 0 Å². The molecular weight excluding hydrogens is 228 g/mol. The van der Waals surface area contributed by atoms with Gasteiger partial charge in [-0.05, 0) is 18.6 Å². The second-order valence-corrected chi connectivity index (χ2v) is 3.93. The van der Waals surface area contributed by atoms with Crippen LogP contribution in [0.4, 0.5) is 0 Å². The van der Waals surface area contributed by atoms with Crippen LogP contribution in [-0.2, 0) is 13.2 Å². The minimum absolute atomic E-state index is 0.104. The van der Waals surface area contributed by atoms with Crippen molar-refractivity contribution in [2.45, 2.75) is 20.1 Å². The predicted octanol–water partition coefficient (Wildman–Crippen LogP) is 2.37. The molecule has 0 heterocycles. The average molecular weight is 246 g/mol. The van der Waals surface area contributed by atoms with Crippen LogP contribution < -0.4 is 0 Å². The van der Waals surface area contributed by atoms with Gasteiger partial charge < -0.3 is 15.3 Å². The first-order chi connectivity index (χ1) is 8.67. The molecule has 3 nitrogen and oxygen atoms in total. The van der Waals surface area contributed by atoms with Gasteiger partial charge in [0.2, 0.25) is 0 Å². The summed E-state index contributed by atoms with van der Waals surface area (Å²) in [4.78, 5) is 0. The van der Waals surface area contributed by atoms with Gasteiger partial charge in [-0.15, -0.1) is 0 Å². The van der Waals surface area contributed by atoms with Crippen LogP contribution in [0, 0.1) is 6.92 Å². The summed E-state index contributed by atoms with van der Waals surface area (Å²) in [6, 6.07) is 14.5. The lowest BCUT2D eigenvalue weighted by Crippen LogP contribution is -1.80. The fourth-order valence-electron chi connectivity index (χ4n) is 1.34. The quantitative estimate of drug-likeness (QED) is 0.762. The van der Waals surface area contributed by atoms with Crippen molar-refractivity contribution in [3.8, 4) is 5.75 Å². The Labute approximate surface area is 107 Å². The molecule has 0 unspecified atom stereocenters. The molecular formula is C15H18O3. The van der Waals surface area contributed by atoms with E-state index in [1.54, 1.807) is 24.3 Å². The number of hydrogen-bond acceptors (Lipinski definition) is 3. The van der Waals surface area contributed by atoms with Gasteiger partial charge in [0.1, 0.15) is 5.75 Å². The van der Waals surface area contributed by atoms with Gasteiger partial charge in [0, 0.05) is 5.56 Å². The number of hydrogen-bond donors (Lipinski definition) is 3. The highest BCUT2D eigenvalue weighted by molar-refractivity contribution is 5.30. The summed E-state index contributed by atoms with van der Waals surface area (Å²) in [6.07, 6.45) is 0. The predicted molar refractivity (Wildman–Crippen MR) is 71.1 cm³/mol. The molecule has 0 bridgehead atoms. The van der Waals surface area contributed by atoms with Crippen LogP contribution in [0.25, 0.3) is 0 Å². The van der Waals surface area contributed by atoms with Gasteiger partial charge in [0.15, 0.2) is 0 Å². The fraction of sp³-hybridized carbons (Fsp3) is 0.200. The highest BCUT2D eigenvalue weighted by Crippen LogP contribution is 2.14. The van der Waals surface area contributed by atoms with E-state index >= 15 is 0 Å². The first kappa shape index (κ1) is 14.2. The van der Waals surface area contributed by atoms with Crippen LogP contribution in [-0.4, -0.2) is 15.3 Å². The van der Waals surface area contributed by atoms with E-state index in [1.807, 2.05) is 31.2 Å². The zero-order chi connectivity index (χ0) is 13.4. The van der Waals surface area contributed by atoms with E-state index in [0.717, 1.165) is 5.56 Å². The van der Waals surface area contributed by atoms with Gasteiger partial charge in [-0.3, -0.25) is 0 Å². The van der Waals surface area contributed by atoms with Gasteiger partial charge in [-0.2, -0.15) is 0 Å². The number of benzene rings is 2. The minimum Gasteiger partial charge on any atom is -0.508 e. The topological polar surface area (TPSA) is 60.7 Å². The number of aromatic hydroxyl groups is 1. The fourth-order valence-corrected chi connectivity index (χ4v) is 1.34. The molecule has 0 radical (unpaired) electrons. The molecule has 0 aliphatic carbocycles. The third-order valence-electron chi connectivity index (χ3n) is 2.47. The second-order valence-electron chi connectivity index (χ2n) is 3.93. The summed E-state index contributed by atoms with van der Waals surface area (Å²) in [5.41, 5.74) is 2.77. The second kappa shape index (κ2) is 7.48. The molecule has 18 heavy (non-hydrogen) atoms. The van der Waals surface area contributed by atoms with Crippen molar-refractivity contribution in [1.82, 2.24) is 0 Å². The van der Waals surface area contributed by atoms with E-state index in [9.17, 15) is 0 Å². The molecule has 0 amide bonds. The Balaban J connectivity index is 0.000000180.